The summed E-state index contributed by atoms with van der Waals surface area (Å²) in [7, 11) is 0. The quantitative estimate of drug-likeness (QED) is 0.260. The van der Waals surface area contributed by atoms with Gasteiger partial charge in [0.05, 0.1) is 25.2 Å². The Labute approximate surface area is 272 Å². The summed E-state index contributed by atoms with van der Waals surface area (Å²) in [4.78, 5) is 35.9. The number of nitrogens with one attached hydrogen (secondary N) is 3. The second-order valence-corrected chi connectivity index (χ2v) is 13.4. The lowest BCUT2D eigenvalue weighted by Gasteiger charge is -2.42. The van der Waals surface area contributed by atoms with E-state index in [0.29, 0.717) is 62.6 Å². The number of carbonyl (C=O) groups excluding carboxylic acids is 2. The number of benzene rings is 1. The zero-order valence-corrected chi connectivity index (χ0v) is 27.5. The van der Waals surface area contributed by atoms with Crippen molar-refractivity contribution in [3.05, 3.63) is 35.1 Å². The zero-order chi connectivity index (χ0) is 32.6. The highest BCUT2D eigenvalue weighted by Crippen LogP contribution is 2.30. The van der Waals surface area contributed by atoms with E-state index in [1.54, 1.807) is 17.0 Å². The monoisotopic (exact) mass is 645 g/mol. The van der Waals surface area contributed by atoms with Gasteiger partial charge in [-0.15, -0.1) is 0 Å². The second-order valence-electron chi connectivity index (χ2n) is 13.4. The molecule has 6 unspecified atom stereocenters. The third-order valence-electron chi connectivity index (χ3n) is 10.1. The summed E-state index contributed by atoms with van der Waals surface area (Å²) in [6.07, 6.45) is 3.34. The lowest BCUT2D eigenvalue weighted by atomic mass is 9.83. The van der Waals surface area contributed by atoms with Gasteiger partial charge in [-0.2, -0.15) is 0 Å². The number of nitrogens with two attached hydrogens (primary N) is 1. The Morgan fingerprint density at radius 1 is 1.15 bits per heavy atom. The number of unbranched alkanes of at least 4 members (excludes halogenated alkanes) is 1. The Hall–Kier alpha value is -2.51. The molecule has 3 fully saturated rings. The first-order chi connectivity index (χ1) is 22.3. The van der Waals surface area contributed by atoms with E-state index < -0.39 is 24.1 Å². The van der Waals surface area contributed by atoms with Gasteiger partial charge in [-0.05, 0) is 43.5 Å². The van der Waals surface area contributed by atoms with Crippen LogP contribution in [-0.2, 0) is 9.53 Å². The number of nitrogens with zero attached hydrogens (tertiary/aromatic N) is 3. The third kappa shape index (κ3) is 8.49. The molecule has 0 aromatic heterocycles. The van der Waals surface area contributed by atoms with Crippen molar-refractivity contribution in [3.63, 3.8) is 0 Å². The molecular weight excluding hydrogens is 592 g/mol. The molecule has 0 radical (unpaired) electrons. The summed E-state index contributed by atoms with van der Waals surface area (Å²) < 4.78 is 35.7. The van der Waals surface area contributed by atoms with E-state index in [9.17, 15) is 14.0 Å². The molecular formula is C34H53F2N7O3. The summed E-state index contributed by atoms with van der Waals surface area (Å²) >= 11 is 0. The van der Waals surface area contributed by atoms with Crippen LogP contribution in [-0.4, -0.2) is 117 Å². The van der Waals surface area contributed by atoms with Gasteiger partial charge >= 0.3 is 0 Å². The van der Waals surface area contributed by atoms with Crippen molar-refractivity contribution in [2.75, 3.05) is 59.0 Å². The summed E-state index contributed by atoms with van der Waals surface area (Å²) in [5.41, 5.74) is 8.26. The number of carbonyl (C=O) groups is 2. The Morgan fingerprint density at radius 3 is 2.61 bits per heavy atom. The first kappa shape index (κ1) is 34.8. The minimum Gasteiger partial charge on any atom is -0.378 e. The molecule has 2 amide bonds. The number of aliphatic imine (C=N–C) groups is 1. The van der Waals surface area contributed by atoms with Gasteiger partial charge in [-0.1, -0.05) is 39.2 Å². The number of halogens is 2. The van der Waals surface area contributed by atoms with Crippen LogP contribution in [0.2, 0.25) is 0 Å². The fourth-order valence-electron chi connectivity index (χ4n) is 7.29. The van der Waals surface area contributed by atoms with E-state index in [0.717, 1.165) is 57.7 Å². The van der Waals surface area contributed by atoms with Crippen LogP contribution in [0.15, 0.2) is 23.2 Å². The Balaban J connectivity index is 1.24. The molecule has 6 atom stereocenters. The number of ether oxygens (including phenoxy) is 1. The number of alkyl halides is 1. The average Bonchev–Trinajstić information content (AvgIpc) is 3.02. The molecule has 256 valence electrons. The van der Waals surface area contributed by atoms with E-state index in [1.165, 1.54) is 6.07 Å². The molecule has 5 N–H and O–H groups in total. The number of rotatable bonds is 13. The first-order valence-electron chi connectivity index (χ1n) is 17.4. The first-order valence-corrected chi connectivity index (χ1v) is 17.4. The predicted octanol–water partition coefficient (Wildman–Crippen LogP) is 2.58. The molecule has 5 rings (SSSR count). The maximum absolute atomic E-state index is 15.7. The third-order valence-corrected chi connectivity index (χ3v) is 10.1. The molecule has 0 saturated carbocycles. The van der Waals surface area contributed by atoms with Gasteiger partial charge in [0.15, 0.2) is 0 Å². The van der Waals surface area contributed by atoms with Crippen LogP contribution < -0.4 is 21.7 Å². The van der Waals surface area contributed by atoms with E-state index in [-0.39, 0.29) is 36.4 Å². The van der Waals surface area contributed by atoms with Crippen molar-refractivity contribution in [3.8, 4) is 0 Å². The van der Waals surface area contributed by atoms with Crippen LogP contribution in [0.5, 0.6) is 0 Å². The van der Waals surface area contributed by atoms with Gasteiger partial charge in [0.25, 0.3) is 5.91 Å². The summed E-state index contributed by atoms with van der Waals surface area (Å²) in [6.45, 7) is 9.71. The topological polar surface area (TPSA) is 124 Å². The predicted molar refractivity (Wildman–Crippen MR) is 175 cm³/mol. The van der Waals surface area contributed by atoms with E-state index in [2.05, 4.69) is 32.8 Å². The van der Waals surface area contributed by atoms with Gasteiger partial charge in [0.1, 0.15) is 18.2 Å². The fourth-order valence-corrected chi connectivity index (χ4v) is 7.29. The van der Waals surface area contributed by atoms with Crippen LogP contribution in [0.3, 0.4) is 0 Å². The normalized spacial score (nSPS) is 28.3. The van der Waals surface area contributed by atoms with E-state index in [4.69, 9.17) is 10.5 Å². The van der Waals surface area contributed by atoms with Gasteiger partial charge in [0.2, 0.25) is 5.91 Å². The van der Waals surface area contributed by atoms with Crippen molar-refractivity contribution in [2.24, 2.45) is 16.6 Å². The van der Waals surface area contributed by atoms with Gasteiger partial charge in [-0.3, -0.25) is 19.5 Å². The molecule has 0 spiro atoms. The fraction of sp³-hybridized carbons (Fsp3) is 0.735. The summed E-state index contributed by atoms with van der Waals surface area (Å²) in [5.74, 6) is -1.82. The maximum Gasteiger partial charge on any atom is 0.254 e. The number of amides is 2. The van der Waals surface area contributed by atoms with Crippen molar-refractivity contribution in [1.29, 1.82) is 0 Å². The molecule has 3 saturated heterocycles. The molecule has 0 bridgehead atoms. The van der Waals surface area contributed by atoms with Gasteiger partial charge < -0.3 is 31.3 Å². The van der Waals surface area contributed by atoms with Gasteiger partial charge in [-0.25, -0.2) is 8.78 Å². The standard InChI is InChI=1S/C34H53F2N7O3/c1-3-5-7-23(35)18-39-29-17-24(6-4-2)40-32(37)31(29)33(44)41-30-19-38-11-10-27(30)26-9-8-22(16-28(26)36)34(45)43-14-12-42(13-15-43)25-20-46-21-25/h8-9,16,23,25,27,29-32,38-39H,3-7,10-15,17-21,37H2,1-2H3,(H,41,44). The molecule has 4 aliphatic heterocycles. The smallest absolute Gasteiger partial charge is 0.254 e. The van der Waals surface area contributed by atoms with Crippen LogP contribution in [0.1, 0.15) is 80.6 Å². The molecule has 4 aliphatic rings. The highest BCUT2D eigenvalue weighted by Gasteiger charge is 2.40. The van der Waals surface area contributed by atoms with Gasteiger partial charge in [0, 0.05) is 75.0 Å². The molecule has 4 heterocycles. The lowest BCUT2D eigenvalue weighted by molar-refractivity contribution is -0.127. The Bertz CT molecular complexity index is 1210. The van der Waals surface area contributed by atoms with Crippen LogP contribution in [0.4, 0.5) is 8.78 Å². The Kier molecular flexibility index (Phi) is 12.5. The van der Waals surface area contributed by atoms with Crippen molar-refractivity contribution in [2.45, 2.75) is 95.2 Å². The number of piperidine rings is 1. The molecule has 10 nitrogen and oxygen atoms in total. The molecule has 0 aliphatic carbocycles. The number of hydrogen-bond acceptors (Lipinski definition) is 8. The molecule has 1 aromatic carbocycles. The van der Waals surface area contributed by atoms with Crippen molar-refractivity contribution < 1.29 is 23.1 Å². The number of hydrogen-bond donors (Lipinski definition) is 4. The van der Waals surface area contributed by atoms with Crippen molar-refractivity contribution >= 4 is 17.5 Å². The maximum atomic E-state index is 15.7. The second kappa shape index (κ2) is 16.5. The van der Waals surface area contributed by atoms with Crippen LogP contribution >= 0.6 is 0 Å². The highest BCUT2D eigenvalue weighted by atomic mass is 19.1. The van der Waals surface area contributed by atoms with E-state index in [1.807, 2.05) is 6.92 Å². The Morgan fingerprint density at radius 2 is 1.93 bits per heavy atom. The lowest BCUT2D eigenvalue weighted by Crippen LogP contribution is -2.59. The zero-order valence-electron chi connectivity index (χ0n) is 27.5. The highest BCUT2D eigenvalue weighted by molar-refractivity contribution is 5.94. The molecule has 1 aromatic rings. The van der Waals surface area contributed by atoms with Crippen LogP contribution in [0.25, 0.3) is 0 Å². The molecule has 46 heavy (non-hydrogen) atoms. The van der Waals surface area contributed by atoms with Crippen molar-refractivity contribution in [1.82, 2.24) is 25.8 Å². The average molecular weight is 646 g/mol. The minimum absolute atomic E-state index is 0.162. The minimum atomic E-state index is -0.995. The molecule has 12 heteroatoms. The summed E-state index contributed by atoms with van der Waals surface area (Å²) in [5, 5.41) is 9.80. The number of piperazine rings is 1. The largest absolute Gasteiger partial charge is 0.378 e. The SMILES string of the molecule is CCCCC(F)CNC1CC(CCC)=NC(N)C1C(=O)NC1CNCCC1c1ccc(C(=O)N2CCN(C3COC3)CC2)cc1F. The summed E-state index contributed by atoms with van der Waals surface area (Å²) in [6, 6.07) is 4.48. The van der Waals surface area contributed by atoms with E-state index >= 15 is 4.39 Å². The van der Waals surface area contributed by atoms with Crippen LogP contribution in [0, 0.1) is 11.7 Å².